The second kappa shape index (κ2) is 7.29. The van der Waals surface area contributed by atoms with Gasteiger partial charge in [0.25, 0.3) is 5.91 Å². The van der Waals surface area contributed by atoms with E-state index in [1.165, 1.54) is 11.0 Å². The standard InChI is InChI=1S/C18H23N3O3/c1-4-16(23)21(3)14-8-6-13(7-9-14)17(24)19-12-18(5-2)11-10-15(22)20-18/h4,6-9H,1,5,10-12H2,2-3H3,(H,19,24)(H,20,22). The van der Waals surface area contributed by atoms with Gasteiger partial charge in [-0.2, -0.15) is 0 Å². The highest BCUT2D eigenvalue weighted by Gasteiger charge is 2.36. The van der Waals surface area contributed by atoms with Crippen LogP contribution < -0.4 is 15.5 Å². The van der Waals surface area contributed by atoms with Crippen molar-refractivity contribution in [3.8, 4) is 0 Å². The molecule has 0 saturated carbocycles. The number of rotatable bonds is 6. The highest BCUT2D eigenvalue weighted by molar-refractivity contribution is 6.01. The summed E-state index contributed by atoms with van der Waals surface area (Å²) < 4.78 is 0. The van der Waals surface area contributed by atoms with Gasteiger partial charge in [0.2, 0.25) is 11.8 Å². The number of nitrogens with zero attached hydrogens (tertiary/aromatic N) is 1. The molecule has 24 heavy (non-hydrogen) atoms. The van der Waals surface area contributed by atoms with Gasteiger partial charge in [0.15, 0.2) is 0 Å². The van der Waals surface area contributed by atoms with Crippen LogP contribution >= 0.6 is 0 Å². The van der Waals surface area contributed by atoms with Crippen LogP contribution in [0.15, 0.2) is 36.9 Å². The number of benzene rings is 1. The van der Waals surface area contributed by atoms with Gasteiger partial charge in [-0.05, 0) is 43.2 Å². The predicted octanol–water partition coefficient (Wildman–Crippen LogP) is 1.62. The van der Waals surface area contributed by atoms with Crippen LogP contribution in [0.2, 0.25) is 0 Å². The van der Waals surface area contributed by atoms with Crippen molar-refractivity contribution in [1.29, 1.82) is 0 Å². The van der Waals surface area contributed by atoms with Crippen molar-refractivity contribution < 1.29 is 14.4 Å². The summed E-state index contributed by atoms with van der Waals surface area (Å²) >= 11 is 0. The largest absolute Gasteiger partial charge is 0.350 e. The molecule has 0 spiro atoms. The molecule has 0 radical (unpaired) electrons. The molecule has 6 heteroatoms. The molecule has 1 atom stereocenters. The first-order chi connectivity index (χ1) is 11.4. The van der Waals surface area contributed by atoms with Crippen LogP contribution in [-0.2, 0) is 9.59 Å². The van der Waals surface area contributed by atoms with Crippen molar-refractivity contribution in [2.24, 2.45) is 0 Å². The number of hydrogen-bond donors (Lipinski definition) is 2. The van der Waals surface area contributed by atoms with Crippen LogP contribution in [-0.4, -0.2) is 36.9 Å². The van der Waals surface area contributed by atoms with Gasteiger partial charge in [-0.1, -0.05) is 13.5 Å². The fourth-order valence-electron chi connectivity index (χ4n) is 2.75. The van der Waals surface area contributed by atoms with E-state index in [0.717, 1.165) is 12.8 Å². The van der Waals surface area contributed by atoms with E-state index in [2.05, 4.69) is 17.2 Å². The molecule has 2 rings (SSSR count). The lowest BCUT2D eigenvalue weighted by Crippen LogP contribution is -2.50. The molecule has 1 unspecified atom stereocenters. The van der Waals surface area contributed by atoms with Crippen LogP contribution in [0.3, 0.4) is 0 Å². The normalized spacial score (nSPS) is 19.5. The van der Waals surface area contributed by atoms with Crippen LogP contribution in [0.25, 0.3) is 0 Å². The molecular formula is C18H23N3O3. The Bertz CT molecular complexity index is 654. The number of likely N-dealkylation sites (N-methyl/N-ethyl adjacent to an activating group) is 1. The van der Waals surface area contributed by atoms with E-state index in [1.54, 1.807) is 31.3 Å². The summed E-state index contributed by atoms with van der Waals surface area (Å²) in [6.45, 7) is 5.86. The van der Waals surface area contributed by atoms with E-state index >= 15 is 0 Å². The highest BCUT2D eigenvalue weighted by Crippen LogP contribution is 2.23. The molecular weight excluding hydrogens is 306 g/mol. The Morgan fingerprint density at radius 2 is 2.04 bits per heavy atom. The zero-order valence-corrected chi connectivity index (χ0v) is 14.1. The highest BCUT2D eigenvalue weighted by atomic mass is 16.2. The molecule has 2 N–H and O–H groups in total. The van der Waals surface area contributed by atoms with Gasteiger partial charge >= 0.3 is 0 Å². The predicted molar refractivity (Wildman–Crippen MR) is 92.8 cm³/mol. The number of nitrogens with one attached hydrogen (secondary N) is 2. The molecule has 1 aromatic carbocycles. The van der Waals surface area contributed by atoms with Crippen molar-refractivity contribution in [2.45, 2.75) is 31.7 Å². The molecule has 0 aliphatic carbocycles. The van der Waals surface area contributed by atoms with E-state index in [4.69, 9.17) is 0 Å². The Labute approximate surface area is 141 Å². The van der Waals surface area contributed by atoms with Crippen LogP contribution in [0.1, 0.15) is 36.5 Å². The number of amides is 3. The van der Waals surface area contributed by atoms with E-state index < -0.39 is 0 Å². The third-order valence-corrected chi connectivity index (χ3v) is 4.52. The molecule has 1 aliphatic rings. The second-order valence-corrected chi connectivity index (χ2v) is 6.01. The number of carbonyl (C=O) groups is 3. The van der Waals surface area contributed by atoms with Crippen molar-refractivity contribution in [3.63, 3.8) is 0 Å². The van der Waals surface area contributed by atoms with Gasteiger partial charge in [0.1, 0.15) is 0 Å². The Kier molecular flexibility index (Phi) is 5.39. The molecule has 1 saturated heterocycles. The summed E-state index contributed by atoms with van der Waals surface area (Å²) in [7, 11) is 1.65. The van der Waals surface area contributed by atoms with Crippen molar-refractivity contribution in [1.82, 2.24) is 10.6 Å². The Morgan fingerprint density at radius 3 is 2.54 bits per heavy atom. The molecule has 128 valence electrons. The van der Waals surface area contributed by atoms with Gasteiger partial charge in [-0.15, -0.1) is 0 Å². The van der Waals surface area contributed by atoms with Crippen LogP contribution in [0, 0.1) is 0 Å². The Hall–Kier alpha value is -2.63. The summed E-state index contributed by atoms with van der Waals surface area (Å²) in [6.07, 6.45) is 3.24. The van der Waals surface area contributed by atoms with Gasteiger partial charge in [0, 0.05) is 31.3 Å². The van der Waals surface area contributed by atoms with E-state index in [1.807, 2.05) is 6.92 Å². The molecule has 1 fully saturated rings. The van der Waals surface area contributed by atoms with Gasteiger partial charge in [-0.3, -0.25) is 14.4 Å². The summed E-state index contributed by atoms with van der Waals surface area (Å²) in [5.74, 6) is -0.382. The van der Waals surface area contributed by atoms with Crippen molar-refractivity contribution >= 4 is 23.4 Å². The van der Waals surface area contributed by atoms with Crippen LogP contribution in [0.4, 0.5) is 5.69 Å². The minimum Gasteiger partial charge on any atom is -0.350 e. The topological polar surface area (TPSA) is 78.5 Å². The SMILES string of the molecule is C=CC(=O)N(C)c1ccc(C(=O)NCC2(CC)CCC(=O)N2)cc1. The van der Waals surface area contributed by atoms with Gasteiger partial charge in [0.05, 0.1) is 5.54 Å². The Morgan fingerprint density at radius 1 is 1.38 bits per heavy atom. The maximum atomic E-state index is 12.3. The molecule has 6 nitrogen and oxygen atoms in total. The minimum absolute atomic E-state index is 0.0328. The molecule has 0 aromatic heterocycles. The minimum atomic E-state index is -0.344. The summed E-state index contributed by atoms with van der Waals surface area (Å²) in [4.78, 5) is 36.8. The summed E-state index contributed by atoms with van der Waals surface area (Å²) in [6, 6.07) is 6.76. The number of hydrogen-bond acceptors (Lipinski definition) is 3. The number of carbonyl (C=O) groups excluding carboxylic acids is 3. The average molecular weight is 329 g/mol. The quantitative estimate of drug-likeness (QED) is 0.779. The maximum Gasteiger partial charge on any atom is 0.251 e. The fourth-order valence-corrected chi connectivity index (χ4v) is 2.75. The second-order valence-electron chi connectivity index (χ2n) is 6.01. The molecule has 1 aromatic rings. The van der Waals surface area contributed by atoms with Crippen molar-refractivity contribution in [2.75, 3.05) is 18.5 Å². The van der Waals surface area contributed by atoms with Crippen molar-refractivity contribution in [3.05, 3.63) is 42.5 Å². The monoisotopic (exact) mass is 329 g/mol. The third kappa shape index (κ3) is 3.82. The lowest BCUT2D eigenvalue weighted by atomic mass is 9.94. The van der Waals surface area contributed by atoms with Gasteiger partial charge < -0.3 is 15.5 Å². The summed E-state index contributed by atoms with van der Waals surface area (Å²) in [5.41, 5.74) is 0.849. The van der Waals surface area contributed by atoms with E-state index in [9.17, 15) is 14.4 Å². The lowest BCUT2D eigenvalue weighted by Gasteiger charge is -2.28. The fraction of sp³-hybridized carbons (Fsp3) is 0.389. The maximum absolute atomic E-state index is 12.3. The molecule has 3 amide bonds. The zero-order chi connectivity index (χ0) is 17.7. The Balaban J connectivity index is 1.99. The first kappa shape index (κ1) is 17.7. The first-order valence-electron chi connectivity index (χ1n) is 8.00. The lowest BCUT2D eigenvalue weighted by molar-refractivity contribution is -0.119. The average Bonchev–Trinajstić information content (AvgIpc) is 3.00. The van der Waals surface area contributed by atoms with Gasteiger partial charge in [-0.25, -0.2) is 0 Å². The smallest absolute Gasteiger partial charge is 0.251 e. The van der Waals surface area contributed by atoms with E-state index in [0.29, 0.717) is 24.2 Å². The molecule has 0 bridgehead atoms. The number of anilines is 1. The van der Waals surface area contributed by atoms with E-state index in [-0.39, 0.29) is 23.3 Å². The molecule has 1 aliphatic heterocycles. The zero-order valence-electron chi connectivity index (χ0n) is 14.1. The summed E-state index contributed by atoms with van der Waals surface area (Å²) in [5, 5.41) is 5.85. The third-order valence-electron chi connectivity index (χ3n) is 4.52. The first-order valence-corrected chi connectivity index (χ1v) is 8.00. The van der Waals surface area contributed by atoms with Crippen LogP contribution in [0.5, 0.6) is 0 Å². The molecule has 1 heterocycles.